The third-order valence-corrected chi connectivity index (χ3v) is 7.17. The van der Waals surface area contributed by atoms with Crippen molar-refractivity contribution in [3.8, 4) is 0 Å². The summed E-state index contributed by atoms with van der Waals surface area (Å²) in [6.07, 6.45) is 10.2. The van der Waals surface area contributed by atoms with E-state index in [1.165, 1.54) is 59.8 Å². The monoisotopic (exact) mass is 384 g/mol. The Labute approximate surface area is 170 Å². The van der Waals surface area contributed by atoms with Crippen molar-refractivity contribution in [2.24, 2.45) is 10.9 Å². The molecule has 6 rings (SSSR count). The topological polar surface area (TPSA) is 25.2 Å². The molecule has 0 bridgehead atoms. The summed E-state index contributed by atoms with van der Waals surface area (Å²) in [6, 6.07) is 14.0. The summed E-state index contributed by atoms with van der Waals surface area (Å²) in [4.78, 5) is 9.48. The van der Waals surface area contributed by atoms with Gasteiger partial charge in [-0.05, 0) is 103 Å². The van der Waals surface area contributed by atoms with Crippen LogP contribution in [0.3, 0.4) is 0 Å². The number of rotatable bonds is 3. The smallest absolute Gasteiger partial charge is 0.123 e. The maximum absolute atomic E-state index is 13.8. The van der Waals surface area contributed by atoms with Gasteiger partial charge in [0.15, 0.2) is 0 Å². The van der Waals surface area contributed by atoms with Crippen molar-refractivity contribution in [1.82, 2.24) is 4.98 Å². The lowest BCUT2D eigenvalue weighted by molar-refractivity contribution is 0.392. The maximum atomic E-state index is 13.8. The fraction of sp³-hybridized carbons (Fsp3) is 0.385. The Morgan fingerprint density at radius 1 is 0.793 bits per heavy atom. The third kappa shape index (κ3) is 3.17. The highest BCUT2D eigenvalue weighted by atomic mass is 19.1. The molecular formula is C26H25FN2. The number of fused-ring (bicyclic) bond motifs is 2. The zero-order valence-electron chi connectivity index (χ0n) is 16.6. The molecule has 1 aromatic heterocycles. The minimum atomic E-state index is -0.177. The van der Waals surface area contributed by atoms with Gasteiger partial charge in [0.05, 0.1) is 11.2 Å². The van der Waals surface area contributed by atoms with E-state index in [-0.39, 0.29) is 5.82 Å². The summed E-state index contributed by atoms with van der Waals surface area (Å²) in [5.41, 5.74) is 7.65. The summed E-state index contributed by atoms with van der Waals surface area (Å²) in [7, 11) is 0. The van der Waals surface area contributed by atoms with Crippen LogP contribution in [-0.2, 0) is 6.42 Å². The van der Waals surface area contributed by atoms with Gasteiger partial charge in [-0.3, -0.25) is 9.98 Å². The van der Waals surface area contributed by atoms with E-state index < -0.39 is 0 Å². The summed E-state index contributed by atoms with van der Waals surface area (Å²) in [5, 5.41) is 0.981. The standard InChI is InChI=1S/C26H25FN2/c27-21-9-10-24-23(15-21)22(11-12-28-24)17-3-5-18(6-4-17)25-14-20-8-7-19(16-1-2-16)13-26(20)29-25/h7-13,15-18H,1-6,14H2. The van der Waals surface area contributed by atoms with Gasteiger partial charge in [-0.1, -0.05) is 12.1 Å². The van der Waals surface area contributed by atoms with E-state index in [0.29, 0.717) is 11.8 Å². The second-order valence-corrected chi connectivity index (χ2v) is 9.05. The van der Waals surface area contributed by atoms with Crippen LogP contribution in [0.2, 0.25) is 0 Å². The lowest BCUT2D eigenvalue weighted by atomic mass is 9.76. The van der Waals surface area contributed by atoms with Crippen LogP contribution < -0.4 is 0 Å². The highest BCUT2D eigenvalue weighted by molar-refractivity contribution is 5.95. The molecule has 0 unspecified atom stereocenters. The molecule has 2 saturated carbocycles. The molecular weight excluding hydrogens is 359 g/mol. The first-order chi connectivity index (χ1) is 14.2. The number of aliphatic imine (C=N–C) groups is 1. The molecule has 29 heavy (non-hydrogen) atoms. The Balaban J connectivity index is 1.19. The Kier molecular flexibility index (Phi) is 4.04. The molecule has 0 N–H and O–H groups in total. The van der Waals surface area contributed by atoms with Gasteiger partial charge in [0.2, 0.25) is 0 Å². The van der Waals surface area contributed by atoms with E-state index in [4.69, 9.17) is 4.99 Å². The van der Waals surface area contributed by atoms with Crippen molar-refractivity contribution in [1.29, 1.82) is 0 Å². The molecule has 146 valence electrons. The molecule has 2 heterocycles. The van der Waals surface area contributed by atoms with Crippen LogP contribution in [0.15, 0.2) is 53.7 Å². The number of pyridine rings is 1. The van der Waals surface area contributed by atoms with Crippen LogP contribution in [0.5, 0.6) is 0 Å². The summed E-state index contributed by atoms with van der Waals surface area (Å²) < 4.78 is 13.8. The van der Waals surface area contributed by atoms with Gasteiger partial charge in [-0.15, -0.1) is 0 Å². The predicted octanol–water partition coefficient (Wildman–Crippen LogP) is 6.85. The SMILES string of the molecule is Fc1ccc2nccc(C3CCC(C4=Nc5cc(C6CC6)ccc5C4)CC3)c2c1. The van der Waals surface area contributed by atoms with Gasteiger partial charge in [0.1, 0.15) is 5.82 Å². The fourth-order valence-corrected chi connectivity index (χ4v) is 5.36. The second kappa shape index (κ2) is 6.76. The van der Waals surface area contributed by atoms with Crippen LogP contribution in [0.4, 0.5) is 10.1 Å². The van der Waals surface area contributed by atoms with E-state index in [2.05, 4.69) is 29.2 Å². The Bertz CT molecular complexity index is 1120. The highest BCUT2D eigenvalue weighted by Gasteiger charge is 2.30. The van der Waals surface area contributed by atoms with E-state index in [1.807, 2.05) is 6.20 Å². The summed E-state index contributed by atoms with van der Waals surface area (Å²) >= 11 is 0. The molecule has 0 radical (unpaired) electrons. The first kappa shape index (κ1) is 17.3. The highest BCUT2D eigenvalue weighted by Crippen LogP contribution is 2.44. The molecule has 0 spiro atoms. The number of aromatic nitrogens is 1. The van der Waals surface area contributed by atoms with Gasteiger partial charge in [0, 0.05) is 23.7 Å². The van der Waals surface area contributed by atoms with Crippen molar-refractivity contribution in [3.63, 3.8) is 0 Å². The maximum Gasteiger partial charge on any atom is 0.123 e. The quantitative estimate of drug-likeness (QED) is 0.484. The van der Waals surface area contributed by atoms with Crippen molar-refractivity contribution in [2.75, 3.05) is 0 Å². The van der Waals surface area contributed by atoms with E-state index >= 15 is 0 Å². The molecule has 0 atom stereocenters. The number of halogens is 1. The van der Waals surface area contributed by atoms with Gasteiger partial charge in [-0.2, -0.15) is 0 Å². The molecule has 2 aliphatic carbocycles. The van der Waals surface area contributed by atoms with Crippen LogP contribution in [0.25, 0.3) is 10.9 Å². The molecule has 3 aromatic rings. The van der Waals surface area contributed by atoms with Crippen molar-refractivity contribution >= 4 is 22.3 Å². The molecule has 3 heteroatoms. The van der Waals surface area contributed by atoms with Crippen molar-refractivity contribution in [3.05, 3.63) is 71.2 Å². The Hall–Kier alpha value is -2.55. The molecule has 1 aliphatic heterocycles. The first-order valence-electron chi connectivity index (χ1n) is 11.0. The van der Waals surface area contributed by atoms with Crippen molar-refractivity contribution in [2.45, 2.75) is 56.8 Å². The minimum absolute atomic E-state index is 0.177. The van der Waals surface area contributed by atoms with Crippen LogP contribution >= 0.6 is 0 Å². The van der Waals surface area contributed by atoms with Gasteiger partial charge in [0.25, 0.3) is 0 Å². The van der Waals surface area contributed by atoms with Gasteiger partial charge >= 0.3 is 0 Å². The molecule has 0 saturated heterocycles. The third-order valence-electron chi connectivity index (χ3n) is 7.17. The lowest BCUT2D eigenvalue weighted by Gasteiger charge is -2.29. The molecule has 0 amide bonds. The van der Waals surface area contributed by atoms with Crippen LogP contribution in [0, 0.1) is 11.7 Å². The lowest BCUT2D eigenvalue weighted by Crippen LogP contribution is -2.21. The molecule has 2 fully saturated rings. The van der Waals surface area contributed by atoms with E-state index in [9.17, 15) is 4.39 Å². The van der Waals surface area contributed by atoms with E-state index in [0.717, 1.165) is 36.1 Å². The van der Waals surface area contributed by atoms with Crippen LogP contribution in [0.1, 0.15) is 67.1 Å². The average Bonchev–Trinajstić information content (AvgIpc) is 3.52. The largest absolute Gasteiger partial charge is 0.257 e. The van der Waals surface area contributed by atoms with Gasteiger partial charge in [-0.25, -0.2) is 4.39 Å². The van der Waals surface area contributed by atoms with Gasteiger partial charge < -0.3 is 0 Å². The second-order valence-electron chi connectivity index (χ2n) is 9.05. The summed E-state index contributed by atoms with van der Waals surface area (Å²) in [6.45, 7) is 0. The first-order valence-corrected chi connectivity index (χ1v) is 11.0. The Morgan fingerprint density at radius 3 is 2.41 bits per heavy atom. The molecule has 3 aliphatic rings. The predicted molar refractivity (Wildman–Crippen MR) is 116 cm³/mol. The van der Waals surface area contributed by atoms with Crippen molar-refractivity contribution < 1.29 is 4.39 Å². The Morgan fingerprint density at radius 2 is 1.59 bits per heavy atom. The number of benzene rings is 2. The zero-order chi connectivity index (χ0) is 19.4. The van der Waals surface area contributed by atoms with E-state index in [1.54, 1.807) is 12.1 Å². The normalized spacial score (nSPS) is 23.8. The zero-order valence-corrected chi connectivity index (χ0v) is 16.6. The summed E-state index contributed by atoms with van der Waals surface area (Å²) in [5.74, 6) is 1.69. The molecule has 2 aromatic carbocycles. The fourth-order valence-electron chi connectivity index (χ4n) is 5.36. The number of hydrogen-bond acceptors (Lipinski definition) is 2. The minimum Gasteiger partial charge on any atom is -0.257 e. The van der Waals surface area contributed by atoms with Crippen LogP contribution in [-0.4, -0.2) is 10.7 Å². The number of hydrogen-bond donors (Lipinski definition) is 0. The number of nitrogens with zero attached hydrogens (tertiary/aromatic N) is 2. The average molecular weight is 384 g/mol. The molecule has 2 nitrogen and oxygen atoms in total.